The number of carbonyl (C=O) groups excluding carboxylic acids is 2. The Bertz CT molecular complexity index is 1100. The van der Waals surface area contributed by atoms with Crippen LogP contribution in [0.1, 0.15) is 16.7 Å². The summed E-state index contributed by atoms with van der Waals surface area (Å²) < 4.78 is 0. The molecule has 0 saturated carbocycles. The third kappa shape index (κ3) is 4.72. The Morgan fingerprint density at radius 2 is 1.74 bits per heavy atom. The Hall–Kier alpha value is -3.31. The lowest BCUT2D eigenvalue weighted by atomic mass is 10.0. The van der Waals surface area contributed by atoms with Gasteiger partial charge in [0.15, 0.2) is 0 Å². The molecule has 3 aromatic rings. The first kappa shape index (κ1) is 20.9. The van der Waals surface area contributed by atoms with Gasteiger partial charge >= 0.3 is 6.03 Å². The number of amides is 3. The molecular formula is C25H24ClN3O2. The molecule has 0 unspecified atom stereocenters. The van der Waals surface area contributed by atoms with E-state index in [0.717, 1.165) is 28.8 Å². The molecule has 0 saturated heterocycles. The van der Waals surface area contributed by atoms with E-state index < -0.39 is 12.1 Å². The number of urea groups is 1. The standard InChI is InChI=1S/C25H24ClN3O2/c1-17-20(26)11-7-12-21(17)27-25(31)28-22(16-18-8-3-2-4-9-18)24(30)29-15-14-19-10-5-6-13-23(19)29/h2-13,22H,14-16H2,1H3,(H2,27,28,31)/t22-/m1/s1. The van der Waals surface area contributed by atoms with Crippen LogP contribution in [0.3, 0.4) is 0 Å². The molecule has 0 fully saturated rings. The summed E-state index contributed by atoms with van der Waals surface area (Å²) in [5.74, 6) is -0.119. The Kier molecular flexibility index (Phi) is 6.23. The van der Waals surface area contributed by atoms with Crippen molar-refractivity contribution in [1.82, 2.24) is 5.32 Å². The lowest BCUT2D eigenvalue weighted by Gasteiger charge is -2.25. The maximum absolute atomic E-state index is 13.5. The lowest BCUT2D eigenvalue weighted by molar-refractivity contribution is -0.120. The summed E-state index contributed by atoms with van der Waals surface area (Å²) in [6, 6.07) is 21.8. The predicted octanol–water partition coefficient (Wildman–Crippen LogP) is 4.97. The SMILES string of the molecule is Cc1c(Cl)cccc1NC(=O)N[C@H](Cc1ccccc1)C(=O)N1CCc2ccccc21. The highest BCUT2D eigenvalue weighted by atomic mass is 35.5. The third-order valence-electron chi connectivity index (χ3n) is 5.56. The van der Waals surface area contributed by atoms with Crippen LogP contribution in [-0.2, 0) is 17.6 Å². The molecule has 2 N–H and O–H groups in total. The molecular weight excluding hydrogens is 410 g/mol. The van der Waals surface area contributed by atoms with Crippen LogP contribution in [0.25, 0.3) is 0 Å². The quantitative estimate of drug-likeness (QED) is 0.596. The van der Waals surface area contributed by atoms with Crippen molar-refractivity contribution >= 4 is 34.9 Å². The van der Waals surface area contributed by atoms with Crippen LogP contribution in [0.15, 0.2) is 72.8 Å². The zero-order chi connectivity index (χ0) is 21.8. The van der Waals surface area contributed by atoms with Crippen LogP contribution in [0, 0.1) is 6.92 Å². The van der Waals surface area contributed by atoms with Gasteiger partial charge in [-0.05, 0) is 48.2 Å². The van der Waals surface area contributed by atoms with Crippen molar-refractivity contribution in [2.24, 2.45) is 0 Å². The van der Waals surface area contributed by atoms with E-state index in [2.05, 4.69) is 10.6 Å². The van der Waals surface area contributed by atoms with Gasteiger partial charge in [-0.15, -0.1) is 0 Å². The van der Waals surface area contributed by atoms with Crippen molar-refractivity contribution in [1.29, 1.82) is 0 Å². The van der Waals surface area contributed by atoms with Crippen molar-refractivity contribution < 1.29 is 9.59 Å². The highest BCUT2D eigenvalue weighted by molar-refractivity contribution is 6.31. The number of hydrogen-bond donors (Lipinski definition) is 2. The average Bonchev–Trinajstić information content (AvgIpc) is 3.21. The number of carbonyl (C=O) groups is 2. The van der Waals surface area contributed by atoms with Gasteiger partial charge < -0.3 is 15.5 Å². The summed E-state index contributed by atoms with van der Waals surface area (Å²) in [4.78, 5) is 28.1. The highest BCUT2D eigenvalue weighted by Gasteiger charge is 2.31. The zero-order valence-corrected chi connectivity index (χ0v) is 18.0. The van der Waals surface area contributed by atoms with Gasteiger partial charge in [0.2, 0.25) is 5.91 Å². The molecule has 0 aromatic heterocycles. The van der Waals surface area contributed by atoms with E-state index in [9.17, 15) is 9.59 Å². The van der Waals surface area contributed by atoms with Gasteiger partial charge in [-0.25, -0.2) is 4.79 Å². The fourth-order valence-corrected chi connectivity index (χ4v) is 4.04. The minimum Gasteiger partial charge on any atom is -0.326 e. The van der Waals surface area contributed by atoms with Gasteiger partial charge in [0, 0.05) is 29.4 Å². The fourth-order valence-electron chi connectivity index (χ4n) is 3.86. The van der Waals surface area contributed by atoms with E-state index in [0.29, 0.717) is 23.7 Å². The summed E-state index contributed by atoms with van der Waals surface area (Å²) in [7, 11) is 0. The van der Waals surface area contributed by atoms with Crippen molar-refractivity contribution in [2.75, 3.05) is 16.8 Å². The third-order valence-corrected chi connectivity index (χ3v) is 5.96. The Morgan fingerprint density at radius 3 is 2.55 bits per heavy atom. The summed E-state index contributed by atoms with van der Waals surface area (Å²) in [5, 5.41) is 6.28. The van der Waals surface area contributed by atoms with E-state index >= 15 is 0 Å². The minimum absolute atomic E-state index is 0.119. The number of rotatable bonds is 5. The summed E-state index contributed by atoms with van der Waals surface area (Å²) in [6.45, 7) is 2.45. The topological polar surface area (TPSA) is 61.4 Å². The molecule has 6 heteroatoms. The molecule has 1 aliphatic heterocycles. The second kappa shape index (κ2) is 9.23. The van der Waals surface area contributed by atoms with Gasteiger partial charge in [-0.1, -0.05) is 66.2 Å². The molecule has 1 heterocycles. The normalized spacial score (nSPS) is 13.4. The molecule has 5 nitrogen and oxygen atoms in total. The number of nitrogens with one attached hydrogen (secondary N) is 2. The van der Waals surface area contributed by atoms with Gasteiger partial charge in [-0.2, -0.15) is 0 Å². The second-order valence-electron chi connectivity index (χ2n) is 7.62. The molecule has 1 aliphatic rings. The van der Waals surface area contributed by atoms with Crippen molar-refractivity contribution in [3.05, 3.63) is 94.5 Å². The van der Waals surface area contributed by atoms with E-state index in [-0.39, 0.29) is 5.91 Å². The minimum atomic E-state index is -0.701. The van der Waals surface area contributed by atoms with Gasteiger partial charge in [0.05, 0.1) is 0 Å². The van der Waals surface area contributed by atoms with Gasteiger partial charge in [0.1, 0.15) is 6.04 Å². The number of benzene rings is 3. The number of anilines is 2. The number of fused-ring (bicyclic) bond motifs is 1. The van der Waals surface area contributed by atoms with Gasteiger partial charge in [0.25, 0.3) is 0 Å². The molecule has 3 amide bonds. The van der Waals surface area contributed by atoms with Crippen LogP contribution >= 0.6 is 11.6 Å². The van der Waals surface area contributed by atoms with Crippen LogP contribution in [0.2, 0.25) is 5.02 Å². The number of hydrogen-bond acceptors (Lipinski definition) is 2. The monoisotopic (exact) mass is 433 g/mol. The second-order valence-corrected chi connectivity index (χ2v) is 8.03. The lowest BCUT2D eigenvalue weighted by Crippen LogP contribution is -2.50. The number of para-hydroxylation sites is 1. The molecule has 3 aromatic carbocycles. The summed E-state index contributed by atoms with van der Waals surface area (Å²) in [6.07, 6.45) is 1.22. The van der Waals surface area contributed by atoms with Crippen LogP contribution in [0.4, 0.5) is 16.2 Å². The zero-order valence-electron chi connectivity index (χ0n) is 17.3. The van der Waals surface area contributed by atoms with E-state index in [1.54, 1.807) is 23.1 Å². The Labute approximate surface area is 187 Å². The van der Waals surface area contributed by atoms with Crippen molar-refractivity contribution in [3.8, 4) is 0 Å². The number of halogens is 1. The first-order chi connectivity index (χ1) is 15.0. The van der Waals surface area contributed by atoms with Crippen LogP contribution in [0.5, 0.6) is 0 Å². The summed E-state index contributed by atoms with van der Waals surface area (Å²) in [5.41, 5.74) is 4.43. The average molecular weight is 434 g/mol. The molecule has 0 bridgehead atoms. The molecule has 31 heavy (non-hydrogen) atoms. The van der Waals surface area contributed by atoms with Crippen LogP contribution < -0.4 is 15.5 Å². The van der Waals surface area contributed by atoms with Gasteiger partial charge in [-0.3, -0.25) is 4.79 Å². The molecule has 0 radical (unpaired) electrons. The number of nitrogens with zero attached hydrogens (tertiary/aromatic N) is 1. The van der Waals surface area contributed by atoms with Crippen LogP contribution in [-0.4, -0.2) is 24.5 Å². The molecule has 0 spiro atoms. The molecule has 4 rings (SSSR count). The predicted molar refractivity (Wildman–Crippen MR) is 125 cm³/mol. The molecule has 158 valence electrons. The first-order valence-corrected chi connectivity index (χ1v) is 10.7. The Morgan fingerprint density at radius 1 is 1.00 bits per heavy atom. The smallest absolute Gasteiger partial charge is 0.319 e. The van der Waals surface area contributed by atoms with E-state index in [4.69, 9.17) is 11.6 Å². The van der Waals surface area contributed by atoms with E-state index in [1.165, 1.54) is 0 Å². The Balaban J connectivity index is 1.55. The first-order valence-electron chi connectivity index (χ1n) is 10.3. The van der Waals surface area contributed by atoms with Crippen molar-refractivity contribution in [2.45, 2.75) is 25.8 Å². The molecule has 1 atom stereocenters. The largest absolute Gasteiger partial charge is 0.326 e. The maximum atomic E-state index is 13.5. The molecule has 0 aliphatic carbocycles. The fraction of sp³-hybridized carbons (Fsp3) is 0.200. The maximum Gasteiger partial charge on any atom is 0.319 e. The summed E-state index contributed by atoms with van der Waals surface area (Å²) >= 11 is 6.16. The highest BCUT2D eigenvalue weighted by Crippen LogP contribution is 2.28. The van der Waals surface area contributed by atoms with Crippen molar-refractivity contribution in [3.63, 3.8) is 0 Å². The van der Waals surface area contributed by atoms with E-state index in [1.807, 2.05) is 61.5 Å².